The van der Waals surface area contributed by atoms with Gasteiger partial charge >= 0.3 is 0 Å². The minimum atomic E-state index is -3.62. The zero-order valence-corrected chi connectivity index (χ0v) is 20.7. The SMILES string of the molecule is Cc1cc(C)c2nc(N(Cc3ccccc3)C(=O)CCS(=O)(=O)c3ccc(Cl)cc3)sc2c1. The van der Waals surface area contributed by atoms with Gasteiger partial charge in [-0.15, -0.1) is 0 Å². The zero-order chi connectivity index (χ0) is 23.6. The highest BCUT2D eigenvalue weighted by molar-refractivity contribution is 7.91. The molecule has 3 aromatic carbocycles. The van der Waals surface area contributed by atoms with Crippen molar-refractivity contribution >= 4 is 54.0 Å². The van der Waals surface area contributed by atoms with Crippen LogP contribution in [-0.4, -0.2) is 25.1 Å². The van der Waals surface area contributed by atoms with Crippen LogP contribution in [0.2, 0.25) is 5.02 Å². The number of carbonyl (C=O) groups is 1. The number of fused-ring (bicyclic) bond motifs is 1. The molecule has 33 heavy (non-hydrogen) atoms. The monoisotopic (exact) mass is 498 g/mol. The molecule has 0 aliphatic rings. The first-order valence-electron chi connectivity index (χ1n) is 10.4. The number of aryl methyl sites for hydroxylation is 2. The van der Waals surface area contributed by atoms with Gasteiger partial charge in [0.05, 0.1) is 27.4 Å². The molecule has 0 spiro atoms. The van der Waals surface area contributed by atoms with Gasteiger partial charge in [-0.1, -0.05) is 59.3 Å². The van der Waals surface area contributed by atoms with E-state index < -0.39 is 9.84 Å². The number of nitrogens with zero attached hydrogens (tertiary/aromatic N) is 2. The highest BCUT2D eigenvalue weighted by atomic mass is 35.5. The summed E-state index contributed by atoms with van der Waals surface area (Å²) in [6.45, 7) is 4.35. The summed E-state index contributed by atoms with van der Waals surface area (Å²) in [4.78, 5) is 19.8. The van der Waals surface area contributed by atoms with Crippen LogP contribution in [0.5, 0.6) is 0 Å². The largest absolute Gasteiger partial charge is 0.284 e. The third-order valence-electron chi connectivity index (χ3n) is 5.29. The van der Waals surface area contributed by atoms with Crippen LogP contribution >= 0.6 is 22.9 Å². The van der Waals surface area contributed by atoms with Crippen LogP contribution in [0.4, 0.5) is 5.13 Å². The molecule has 170 valence electrons. The molecular weight excluding hydrogens is 476 g/mol. The normalized spacial score (nSPS) is 11.6. The molecule has 0 N–H and O–H groups in total. The van der Waals surface area contributed by atoms with Gasteiger partial charge in [-0.25, -0.2) is 13.4 Å². The van der Waals surface area contributed by atoms with Crippen LogP contribution in [0.15, 0.2) is 71.6 Å². The van der Waals surface area contributed by atoms with E-state index in [4.69, 9.17) is 16.6 Å². The van der Waals surface area contributed by atoms with Crippen molar-refractivity contribution in [3.8, 4) is 0 Å². The second-order valence-electron chi connectivity index (χ2n) is 7.91. The van der Waals surface area contributed by atoms with Crippen molar-refractivity contribution in [3.05, 3.63) is 88.4 Å². The summed E-state index contributed by atoms with van der Waals surface area (Å²) >= 11 is 7.31. The summed E-state index contributed by atoms with van der Waals surface area (Å²) in [5.74, 6) is -0.577. The Morgan fingerprint density at radius 1 is 1.03 bits per heavy atom. The first-order valence-corrected chi connectivity index (χ1v) is 13.3. The summed E-state index contributed by atoms with van der Waals surface area (Å²) in [7, 11) is -3.62. The Bertz CT molecular complexity index is 1400. The van der Waals surface area contributed by atoms with Gasteiger partial charge in [-0.05, 0) is 60.9 Å². The van der Waals surface area contributed by atoms with Crippen LogP contribution in [0, 0.1) is 13.8 Å². The second-order valence-corrected chi connectivity index (χ2v) is 11.5. The smallest absolute Gasteiger partial charge is 0.230 e. The molecule has 1 aromatic heterocycles. The first-order chi connectivity index (χ1) is 15.7. The topological polar surface area (TPSA) is 67.3 Å². The molecule has 0 saturated carbocycles. The van der Waals surface area contributed by atoms with Crippen LogP contribution < -0.4 is 4.90 Å². The fraction of sp³-hybridized carbons (Fsp3) is 0.200. The molecule has 1 heterocycles. The maximum absolute atomic E-state index is 13.3. The Balaban J connectivity index is 1.62. The summed E-state index contributed by atoms with van der Waals surface area (Å²) in [6, 6.07) is 19.7. The van der Waals surface area contributed by atoms with Gasteiger partial charge in [0.2, 0.25) is 5.91 Å². The number of benzene rings is 3. The number of carbonyl (C=O) groups excluding carboxylic acids is 1. The average molecular weight is 499 g/mol. The molecule has 0 aliphatic carbocycles. The predicted molar refractivity (Wildman–Crippen MR) is 135 cm³/mol. The maximum atomic E-state index is 13.3. The number of hydrogen-bond donors (Lipinski definition) is 0. The molecular formula is C25H23ClN2O3S2. The highest BCUT2D eigenvalue weighted by Crippen LogP contribution is 2.33. The Morgan fingerprint density at radius 2 is 1.73 bits per heavy atom. The standard InChI is InChI=1S/C25H23ClN2O3S2/c1-17-14-18(2)24-22(15-17)32-25(27-24)28(16-19-6-4-3-5-7-19)23(29)12-13-33(30,31)21-10-8-20(26)9-11-21/h3-11,14-15H,12-13,16H2,1-2H3. The molecule has 0 aliphatic heterocycles. The van der Waals surface area contributed by atoms with Crippen molar-refractivity contribution in [2.75, 3.05) is 10.7 Å². The molecule has 0 radical (unpaired) electrons. The van der Waals surface area contributed by atoms with Crippen molar-refractivity contribution in [3.63, 3.8) is 0 Å². The number of rotatable bonds is 7. The molecule has 0 bridgehead atoms. The quantitative estimate of drug-likeness (QED) is 0.315. The van der Waals surface area contributed by atoms with Crippen LogP contribution in [0.1, 0.15) is 23.1 Å². The molecule has 4 aromatic rings. The van der Waals surface area contributed by atoms with Gasteiger partial charge in [0, 0.05) is 11.4 Å². The predicted octanol–water partition coefficient (Wildman–Crippen LogP) is 5.96. The van der Waals surface area contributed by atoms with Gasteiger partial charge in [0.15, 0.2) is 15.0 Å². The summed E-state index contributed by atoms with van der Waals surface area (Å²) in [5, 5.41) is 1.02. The van der Waals surface area contributed by atoms with E-state index in [1.54, 1.807) is 4.90 Å². The molecule has 0 unspecified atom stereocenters. The summed E-state index contributed by atoms with van der Waals surface area (Å²) in [6.07, 6.45) is -0.147. The van der Waals surface area contributed by atoms with Gasteiger partial charge in [-0.3, -0.25) is 9.69 Å². The molecule has 8 heteroatoms. The molecule has 1 amide bonds. The number of aromatic nitrogens is 1. The van der Waals surface area contributed by atoms with E-state index in [2.05, 4.69) is 12.1 Å². The van der Waals surface area contributed by atoms with Gasteiger partial charge in [0.1, 0.15) is 0 Å². The van der Waals surface area contributed by atoms with Gasteiger partial charge < -0.3 is 0 Å². The summed E-state index contributed by atoms with van der Waals surface area (Å²) < 4.78 is 26.5. The first kappa shape index (κ1) is 23.4. The van der Waals surface area contributed by atoms with Gasteiger partial charge in [0.25, 0.3) is 0 Å². The van der Waals surface area contributed by atoms with E-state index in [0.717, 1.165) is 26.9 Å². The molecule has 0 saturated heterocycles. The average Bonchev–Trinajstić information content (AvgIpc) is 3.21. The van der Waals surface area contributed by atoms with E-state index in [0.29, 0.717) is 16.7 Å². The lowest BCUT2D eigenvalue weighted by Crippen LogP contribution is -2.31. The molecule has 4 rings (SSSR count). The van der Waals surface area contributed by atoms with Crippen LogP contribution in [-0.2, 0) is 21.2 Å². The number of amides is 1. The van der Waals surface area contributed by atoms with Crippen molar-refractivity contribution in [1.82, 2.24) is 4.98 Å². The van der Waals surface area contributed by atoms with Crippen molar-refractivity contribution < 1.29 is 13.2 Å². The van der Waals surface area contributed by atoms with Crippen molar-refractivity contribution in [2.45, 2.75) is 31.7 Å². The Morgan fingerprint density at radius 3 is 2.42 bits per heavy atom. The number of anilines is 1. The number of thiazole rings is 1. The van der Waals surface area contributed by atoms with E-state index in [-0.39, 0.29) is 23.0 Å². The Labute approximate surface area is 202 Å². The highest BCUT2D eigenvalue weighted by Gasteiger charge is 2.24. The van der Waals surface area contributed by atoms with E-state index in [9.17, 15) is 13.2 Å². The molecule has 0 atom stereocenters. The number of halogens is 1. The number of hydrogen-bond acceptors (Lipinski definition) is 5. The maximum Gasteiger partial charge on any atom is 0.230 e. The lowest BCUT2D eigenvalue weighted by atomic mass is 10.1. The Kier molecular flexibility index (Phi) is 6.83. The van der Waals surface area contributed by atoms with Crippen LogP contribution in [0.25, 0.3) is 10.2 Å². The lowest BCUT2D eigenvalue weighted by Gasteiger charge is -2.20. The Hall–Kier alpha value is -2.74. The van der Waals surface area contributed by atoms with Gasteiger partial charge in [-0.2, -0.15) is 0 Å². The summed E-state index contributed by atoms with van der Waals surface area (Å²) in [5.41, 5.74) is 3.98. The lowest BCUT2D eigenvalue weighted by molar-refractivity contribution is -0.118. The number of sulfone groups is 1. The zero-order valence-electron chi connectivity index (χ0n) is 18.3. The fourth-order valence-electron chi connectivity index (χ4n) is 3.62. The third kappa shape index (κ3) is 5.43. The minimum Gasteiger partial charge on any atom is -0.284 e. The fourth-order valence-corrected chi connectivity index (χ4v) is 6.13. The second kappa shape index (κ2) is 9.63. The van der Waals surface area contributed by atoms with Crippen molar-refractivity contribution in [1.29, 1.82) is 0 Å². The van der Waals surface area contributed by atoms with Crippen molar-refractivity contribution in [2.24, 2.45) is 0 Å². The minimum absolute atomic E-state index is 0.147. The van der Waals surface area contributed by atoms with E-state index in [1.807, 2.05) is 44.2 Å². The molecule has 5 nitrogen and oxygen atoms in total. The van der Waals surface area contributed by atoms with E-state index >= 15 is 0 Å². The van der Waals surface area contributed by atoms with E-state index in [1.165, 1.54) is 35.6 Å². The third-order valence-corrected chi connectivity index (χ3v) is 8.30. The molecule has 0 fully saturated rings. The van der Waals surface area contributed by atoms with Crippen LogP contribution in [0.3, 0.4) is 0 Å².